The third-order valence-electron chi connectivity index (χ3n) is 3.05. The molecule has 0 atom stereocenters. The molecule has 0 spiro atoms. The number of unbranched alkanes of at least 4 members (excludes halogenated alkanes) is 2. The average molecular weight is 303 g/mol. The molecule has 2 N–H and O–H groups in total. The Morgan fingerprint density at radius 2 is 2.19 bits per heavy atom. The van der Waals surface area contributed by atoms with E-state index in [0.717, 1.165) is 29.3 Å². The number of hydrogen-bond donors (Lipinski definition) is 2. The van der Waals surface area contributed by atoms with Crippen molar-refractivity contribution in [1.82, 2.24) is 4.98 Å². The zero-order chi connectivity index (χ0) is 14.9. The highest BCUT2D eigenvalue weighted by Crippen LogP contribution is 2.13. The maximum atomic E-state index is 11.9. The maximum absolute atomic E-state index is 11.9. The number of thiophene rings is 1. The van der Waals surface area contributed by atoms with E-state index in [1.54, 1.807) is 17.5 Å². The van der Waals surface area contributed by atoms with Gasteiger partial charge in [-0.1, -0.05) is 25.8 Å². The minimum absolute atomic E-state index is 0.0112. The maximum Gasteiger partial charge on any atom is 0.229 e. The van der Waals surface area contributed by atoms with E-state index in [9.17, 15) is 4.79 Å². The van der Waals surface area contributed by atoms with E-state index in [1.165, 1.54) is 12.8 Å². The van der Waals surface area contributed by atoms with Crippen molar-refractivity contribution in [3.05, 3.63) is 40.7 Å². The number of amides is 1. The smallest absolute Gasteiger partial charge is 0.229 e. The Kier molecular flexibility index (Phi) is 6.22. The van der Waals surface area contributed by atoms with Crippen LogP contribution in [0.4, 0.5) is 11.5 Å². The summed E-state index contributed by atoms with van der Waals surface area (Å²) in [6.45, 7) is 3.12. The van der Waals surface area contributed by atoms with E-state index in [4.69, 9.17) is 0 Å². The number of rotatable bonds is 8. The highest BCUT2D eigenvalue weighted by atomic mass is 32.1. The van der Waals surface area contributed by atoms with Crippen molar-refractivity contribution in [2.75, 3.05) is 17.2 Å². The highest BCUT2D eigenvalue weighted by Gasteiger charge is 2.05. The van der Waals surface area contributed by atoms with Crippen LogP contribution < -0.4 is 10.6 Å². The van der Waals surface area contributed by atoms with Crippen molar-refractivity contribution in [2.24, 2.45) is 0 Å². The van der Waals surface area contributed by atoms with Gasteiger partial charge in [-0.25, -0.2) is 4.98 Å². The minimum Gasteiger partial charge on any atom is -0.370 e. The number of hydrogen-bond acceptors (Lipinski definition) is 4. The van der Waals surface area contributed by atoms with Crippen molar-refractivity contribution < 1.29 is 4.79 Å². The Hall–Kier alpha value is -1.88. The molecular weight excluding hydrogens is 282 g/mol. The molecule has 0 bridgehead atoms. The number of anilines is 2. The van der Waals surface area contributed by atoms with Gasteiger partial charge in [-0.15, -0.1) is 11.3 Å². The molecule has 2 heterocycles. The van der Waals surface area contributed by atoms with E-state index < -0.39 is 0 Å². The molecule has 0 saturated carbocycles. The molecule has 0 unspecified atom stereocenters. The summed E-state index contributed by atoms with van der Waals surface area (Å²) in [5.41, 5.74) is 0.732. The van der Waals surface area contributed by atoms with Gasteiger partial charge in [0, 0.05) is 11.4 Å². The number of nitrogens with one attached hydrogen (secondary N) is 2. The van der Waals surface area contributed by atoms with Gasteiger partial charge in [-0.05, 0) is 30.0 Å². The molecule has 21 heavy (non-hydrogen) atoms. The first-order valence-electron chi connectivity index (χ1n) is 7.30. The van der Waals surface area contributed by atoms with Gasteiger partial charge in [0.15, 0.2) is 0 Å². The van der Waals surface area contributed by atoms with E-state index >= 15 is 0 Å². The summed E-state index contributed by atoms with van der Waals surface area (Å²) in [4.78, 5) is 17.2. The molecule has 0 aliphatic carbocycles. The Bertz CT molecular complexity index is 537. The molecule has 0 aliphatic rings. The number of nitrogens with zero attached hydrogens (tertiary/aromatic N) is 1. The monoisotopic (exact) mass is 303 g/mol. The van der Waals surface area contributed by atoms with Crippen LogP contribution in [-0.4, -0.2) is 17.4 Å². The zero-order valence-electron chi connectivity index (χ0n) is 12.3. The number of aromatic nitrogens is 1. The molecule has 4 nitrogen and oxygen atoms in total. The quantitative estimate of drug-likeness (QED) is 0.727. The summed E-state index contributed by atoms with van der Waals surface area (Å²) >= 11 is 1.59. The fourth-order valence-corrected chi connectivity index (χ4v) is 2.64. The van der Waals surface area contributed by atoms with Gasteiger partial charge in [0.05, 0.1) is 18.3 Å². The first-order chi connectivity index (χ1) is 10.3. The van der Waals surface area contributed by atoms with E-state index in [1.807, 2.05) is 29.6 Å². The van der Waals surface area contributed by atoms with Crippen LogP contribution in [0.5, 0.6) is 0 Å². The topological polar surface area (TPSA) is 54.0 Å². The van der Waals surface area contributed by atoms with Crippen molar-refractivity contribution in [2.45, 2.75) is 32.6 Å². The largest absolute Gasteiger partial charge is 0.370 e. The highest BCUT2D eigenvalue weighted by molar-refractivity contribution is 7.10. The standard InChI is InChI=1S/C16H21N3OS/c1-2-3-4-9-17-15-8-7-13(12-18-15)19-16(20)11-14-6-5-10-21-14/h5-8,10,12H,2-4,9,11H2,1H3,(H,17,18)(H,19,20). The number of carbonyl (C=O) groups excluding carboxylic acids is 1. The Morgan fingerprint density at radius 3 is 2.86 bits per heavy atom. The zero-order valence-corrected chi connectivity index (χ0v) is 13.1. The predicted octanol–water partition coefficient (Wildman–Crippen LogP) is 3.93. The molecule has 0 radical (unpaired) electrons. The average Bonchev–Trinajstić information content (AvgIpc) is 2.98. The molecule has 2 rings (SSSR count). The van der Waals surface area contributed by atoms with Crippen LogP contribution in [-0.2, 0) is 11.2 Å². The van der Waals surface area contributed by atoms with Crippen LogP contribution >= 0.6 is 11.3 Å². The summed E-state index contributed by atoms with van der Waals surface area (Å²) in [5, 5.41) is 8.11. The van der Waals surface area contributed by atoms with Crippen LogP contribution in [0.2, 0.25) is 0 Å². The van der Waals surface area contributed by atoms with E-state index in [2.05, 4.69) is 22.5 Å². The second-order valence-corrected chi connectivity index (χ2v) is 5.90. The second kappa shape index (κ2) is 8.42. The Morgan fingerprint density at radius 1 is 1.29 bits per heavy atom. The fourth-order valence-electron chi connectivity index (χ4n) is 1.94. The molecule has 5 heteroatoms. The third kappa shape index (κ3) is 5.55. The molecular formula is C16H21N3OS. The lowest BCUT2D eigenvalue weighted by atomic mass is 10.2. The fraction of sp³-hybridized carbons (Fsp3) is 0.375. The second-order valence-electron chi connectivity index (χ2n) is 4.87. The summed E-state index contributed by atoms with van der Waals surface area (Å²) in [5.74, 6) is 0.838. The van der Waals surface area contributed by atoms with Gasteiger partial charge < -0.3 is 10.6 Å². The van der Waals surface area contributed by atoms with Gasteiger partial charge in [0.2, 0.25) is 5.91 Å². The first-order valence-corrected chi connectivity index (χ1v) is 8.18. The Labute approximate surface area is 129 Å². The number of carbonyl (C=O) groups is 1. The van der Waals surface area contributed by atoms with Crippen molar-refractivity contribution in [3.63, 3.8) is 0 Å². The van der Waals surface area contributed by atoms with Crippen LogP contribution in [0, 0.1) is 0 Å². The van der Waals surface area contributed by atoms with Gasteiger partial charge in [-0.2, -0.15) is 0 Å². The van der Waals surface area contributed by atoms with Crippen LogP contribution in [0.25, 0.3) is 0 Å². The SMILES string of the molecule is CCCCCNc1ccc(NC(=O)Cc2cccs2)cn1. The van der Waals surface area contributed by atoms with Crippen LogP contribution in [0.1, 0.15) is 31.1 Å². The van der Waals surface area contributed by atoms with Gasteiger partial charge >= 0.3 is 0 Å². The Balaban J connectivity index is 1.77. The van der Waals surface area contributed by atoms with E-state index in [-0.39, 0.29) is 5.91 Å². The summed E-state index contributed by atoms with van der Waals surface area (Å²) in [7, 11) is 0. The van der Waals surface area contributed by atoms with Gasteiger partial charge in [0.1, 0.15) is 5.82 Å². The van der Waals surface area contributed by atoms with E-state index in [0.29, 0.717) is 6.42 Å². The van der Waals surface area contributed by atoms with Gasteiger partial charge in [0.25, 0.3) is 0 Å². The molecule has 1 amide bonds. The van der Waals surface area contributed by atoms with Crippen LogP contribution in [0.15, 0.2) is 35.8 Å². The van der Waals surface area contributed by atoms with Crippen molar-refractivity contribution >= 4 is 28.7 Å². The van der Waals surface area contributed by atoms with Gasteiger partial charge in [-0.3, -0.25) is 4.79 Å². The van der Waals surface area contributed by atoms with Crippen molar-refractivity contribution in [1.29, 1.82) is 0 Å². The summed E-state index contributed by atoms with van der Waals surface area (Å²) < 4.78 is 0. The predicted molar refractivity (Wildman–Crippen MR) is 88.9 cm³/mol. The lowest BCUT2D eigenvalue weighted by Crippen LogP contribution is -2.14. The summed E-state index contributed by atoms with van der Waals surface area (Å²) in [6.07, 6.45) is 5.69. The van der Waals surface area contributed by atoms with Crippen LogP contribution in [0.3, 0.4) is 0 Å². The molecule has 0 aliphatic heterocycles. The van der Waals surface area contributed by atoms with Crippen molar-refractivity contribution in [3.8, 4) is 0 Å². The third-order valence-corrected chi connectivity index (χ3v) is 3.92. The molecule has 0 aromatic carbocycles. The molecule has 0 saturated heterocycles. The normalized spacial score (nSPS) is 10.3. The molecule has 0 fully saturated rings. The summed E-state index contributed by atoms with van der Waals surface area (Å²) in [6, 6.07) is 7.69. The molecule has 112 valence electrons. The number of pyridine rings is 1. The first kappa shape index (κ1) is 15.5. The minimum atomic E-state index is -0.0112. The molecule has 2 aromatic rings. The molecule has 2 aromatic heterocycles. The lowest BCUT2D eigenvalue weighted by molar-refractivity contribution is -0.115. The lowest BCUT2D eigenvalue weighted by Gasteiger charge is -2.07.